The second-order valence-electron chi connectivity index (χ2n) is 5.02. The number of nitrogens with two attached hydrogens (primary N) is 1. The lowest BCUT2D eigenvalue weighted by molar-refractivity contribution is 0.529. The number of anilines is 1. The molecule has 2 aromatic heterocycles. The zero-order valence-electron chi connectivity index (χ0n) is 11.3. The average Bonchev–Trinajstić information content (AvgIpc) is 3.01. The Balaban J connectivity index is 1.76. The highest BCUT2D eigenvalue weighted by molar-refractivity contribution is 7.89. The van der Waals surface area contributed by atoms with Gasteiger partial charge in [-0.3, -0.25) is 4.98 Å². The topological polar surface area (TPSA) is 89.2 Å². The highest BCUT2D eigenvalue weighted by Crippen LogP contribution is 2.25. The van der Waals surface area contributed by atoms with Crippen molar-refractivity contribution in [1.29, 1.82) is 0 Å². The summed E-state index contributed by atoms with van der Waals surface area (Å²) in [5.74, 6) is 0.786. The Morgan fingerprint density at radius 1 is 1.29 bits per heavy atom. The molecule has 1 aliphatic heterocycles. The van der Waals surface area contributed by atoms with Crippen LogP contribution < -0.4 is 10.0 Å². The summed E-state index contributed by atoms with van der Waals surface area (Å²) >= 11 is 1.62. The van der Waals surface area contributed by atoms with Crippen LogP contribution in [-0.4, -0.2) is 36.7 Å². The highest BCUT2D eigenvalue weighted by Gasteiger charge is 2.27. The summed E-state index contributed by atoms with van der Waals surface area (Å²) in [7, 11) is -3.44. The second kappa shape index (κ2) is 5.70. The van der Waals surface area contributed by atoms with Crippen LogP contribution in [0.25, 0.3) is 10.6 Å². The van der Waals surface area contributed by atoms with Crippen LogP contribution in [0, 0.1) is 0 Å². The lowest BCUT2D eigenvalue weighted by atomic mass is 10.1. The van der Waals surface area contributed by atoms with Crippen molar-refractivity contribution in [1.82, 2.24) is 9.97 Å². The van der Waals surface area contributed by atoms with Crippen LogP contribution in [0.3, 0.4) is 0 Å². The van der Waals surface area contributed by atoms with Gasteiger partial charge in [0.25, 0.3) is 0 Å². The number of sulfonamides is 1. The van der Waals surface area contributed by atoms with Crippen molar-refractivity contribution in [3.8, 4) is 10.6 Å². The number of primary sulfonamides is 1. The van der Waals surface area contributed by atoms with Gasteiger partial charge in [-0.1, -0.05) is 6.07 Å². The molecule has 1 saturated heterocycles. The number of aromatic nitrogens is 2. The number of nitrogens with zero attached hydrogens (tertiary/aromatic N) is 3. The molecule has 0 bridgehead atoms. The molecule has 8 heteroatoms. The van der Waals surface area contributed by atoms with E-state index in [1.807, 2.05) is 17.5 Å². The van der Waals surface area contributed by atoms with Gasteiger partial charge in [0, 0.05) is 13.1 Å². The molecule has 6 nitrogen and oxygen atoms in total. The highest BCUT2D eigenvalue weighted by atomic mass is 32.2. The van der Waals surface area contributed by atoms with Gasteiger partial charge in [0.1, 0.15) is 11.5 Å². The van der Waals surface area contributed by atoms with Crippen LogP contribution in [0.15, 0.2) is 29.9 Å². The van der Waals surface area contributed by atoms with Crippen LogP contribution in [0.2, 0.25) is 0 Å². The fraction of sp³-hybridized carbons (Fsp3) is 0.385. The molecule has 0 radical (unpaired) electrons. The number of piperidine rings is 1. The minimum absolute atomic E-state index is 0.442. The Labute approximate surface area is 127 Å². The Hall–Kier alpha value is -1.51. The molecule has 1 fully saturated rings. The van der Waals surface area contributed by atoms with E-state index in [1.54, 1.807) is 23.7 Å². The smallest absolute Gasteiger partial charge is 0.212 e. The van der Waals surface area contributed by atoms with Crippen LogP contribution in [0.4, 0.5) is 5.82 Å². The van der Waals surface area contributed by atoms with E-state index in [-0.39, 0.29) is 0 Å². The fourth-order valence-electron chi connectivity index (χ4n) is 2.46. The molecule has 21 heavy (non-hydrogen) atoms. The molecule has 0 atom stereocenters. The summed E-state index contributed by atoms with van der Waals surface area (Å²) in [6.07, 6.45) is 4.52. The lowest BCUT2D eigenvalue weighted by Gasteiger charge is -2.31. The molecule has 3 heterocycles. The Bertz CT molecular complexity index is 708. The molecule has 2 N–H and O–H groups in total. The average molecular weight is 324 g/mol. The minimum Gasteiger partial charge on any atom is -0.355 e. The standard InChI is InChI=1S/C13H16N4O2S2/c14-21(18,19)10-3-5-17(6-4-10)13-9-15-8-11(16-13)12-2-1-7-20-12/h1-2,7-10H,3-6H2,(H2,14,18,19). The van der Waals surface area contributed by atoms with Crippen LogP contribution in [0.5, 0.6) is 0 Å². The number of hydrogen-bond donors (Lipinski definition) is 1. The van der Waals surface area contributed by atoms with Gasteiger partial charge in [-0.05, 0) is 24.3 Å². The third-order valence-electron chi connectivity index (χ3n) is 3.63. The first kappa shape index (κ1) is 14.4. The van der Waals surface area contributed by atoms with E-state index in [9.17, 15) is 8.42 Å². The largest absolute Gasteiger partial charge is 0.355 e. The predicted octanol–water partition coefficient (Wildman–Crippen LogP) is 1.46. The summed E-state index contributed by atoms with van der Waals surface area (Å²) in [4.78, 5) is 12.0. The number of rotatable bonds is 3. The van der Waals surface area contributed by atoms with E-state index in [1.165, 1.54) is 0 Å². The Morgan fingerprint density at radius 2 is 2.05 bits per heavy atom. The molecule has 1 aliphatic rings. The Kier molecular flexibility index (Phi) is 3.92. The van der Waals surface area contributed by atoms with Crippen molar-refractivity contribution in [2.45, 2.75) is 18.1 Å². The summed E-state index contributed by atoms with van der Waals surface area (Å²) in [6.45, 7) is 1.26. The van der Waals surface area contributed by atoms with Crippen LogP contribution in [0.1, 0.15) is 12.8 Å². The Morgan fingerprint density at radius 3 is 2.67 bits per heavy atom. The van der Waals surface area contributed by atoms with Gasteiger partial charge in [-0.2, -0.15) is 0 Å². The molecule has 0 saturated carbocycles. The maximum absolute atomic E-state index is 11.4. The van der Waals surface area contributed by atoms with Gasteiger partial charge in [-0.25, -0.2) is 18.5 Å². The number of thiophene rings is 1. The quantitative estimate of drug-likeness (QED) is 0.923. The molecule has 0 unspecified atom stereocenters. The zero-order valence-corrected chi connectivity index (χ0v) is 13.0. The van der Waals surface area contributed by atoms with E-state index in [4.69, 9.17) is 5.14 Å². The summed E-state index contributed by atoms with van der Waals surface area (Å²) in [5, 5.41) is 6.77. The van der Waals surface area contributed by atoms with Crippen molar-refractivity contribution >= 4 is 27.2 Å². The van der Waals surface area contributed by atoms with Gasteiger partial charge in [0.15, 0.2) is 0 Å². The van der Waals surface area contributed by atoms with Gasteiger partial charge in [0.2, 0.25) is 10.0 Å². The predicted molar refractivity (Wildman–Crippen MR) is 83.7 cm³/mol. The number of hydrogen-bond acceptors (Lipinski definition) is 6. The summed E-state index contributed by atoms with van der Waals surface area (Å²) in [6, 6.07) is 3.98. The van der Waals surface area contributed by atoms with Crippen molar-refractivity contribution in [2.24, 2.45) is 5.14 Å². The maximum atomic E-state index is 11.4. The molecule has 3 rings (SSSR count). The summed E-state index contributed by atoms with van der Waals surface area (Å²) in [5.41, 5.74) is 0.844. The first-order valence-corrected chi connectivity index (χ1v) is 9.15. The van der Waals surface area contributed by atoms with Gasteiger partial charge in [-0.15, -0.1) is 11.3 Å². The van der Waals surface area contributed by atoms with E-state index in [2.05, 4.69) is 14.9 Å². The van der Waals surface area contributed by atoms with E-state index >= 15 is 0 Å². The minimum atomic E-state index is -3.44. The van der Waals surface area contributed by atoms with Gasteiger partial charge in [0.05, 0.1) is 22.5 Å². The van der Waals surface area contributed by atoms with Crippen molar-refractivity contribution in [2.75, 3.05) is 18.0 Å². The summed E-state index contributed by atoms with van der Waals surface area (Å²) < 4.78 is 22.7. The van der Waals surface area contributed by atoms with Crippen molar-refractivity contribution in [3.63, 3.8) is 0 Å². The van der Waals surface area contributed by atoms with Crippen molar-refractivity contribution in [3.05, 3.63) is 29.9 Å². The molecule has 0 aromatic carbocycles. The van der Waals surface area contributed by atoms with Crippen LogP contribution in [-0.2, 0) is 10.0 Å². The second-order valence-corrected chi connectivity index (χ2v) is 7.81. The molecule has 0 aliphatic carbocycles. The molecule has 112 valence electrons. The molecule has 2 aromatic rings. The van der Waals surface area contributed by atoms with Crippen LogP contribution >= 0.6 is 11.3 Å². The third kappa shape index (κ3) is 3.22. The maximum Gasteiger partial charge on any atom is 0.212 e. The van der Waals surface area contributed by atoms with Gasteiger partial charge < -0.3 is 4.90 Å². The monoisotopic (exact) mass is 324 g/mol. The third-order valence-corrected chi connectivity index (χ3v) is 5.92. The molecular weight excluding hydrogens is 308 g/mol. The normalized spacial score (nSPS) is 17.1. The van der Waals surface area contributed by atoms with E-state index in [0.29, 0.717) is 25.9 Å². The first-order chi connectivity index (χ1) is 10.0. The fourth-order valence-corrected chi connectivity index (χ4v) is 4.01. The van der Waals surface area contributed by atoms with E-state index < -0.39 is 15.3 Å². The molecular formula is C13H16N4O2S2. The van der Waals surface area contributed by atoms with Gasteiger partial charge >= 0.3 is 0 Å². The lowest BCUT2D eigenvalue weighted by Crippen LogP contribution is -2.42. The van der Waals surface area contributed by atoms with E-state index in [0.717, 1.165) is 16.4 Å². The molecule has 0 amide bonds. The SMILES string of the molecule is NS(=O)(=O)C1CCN(c2cncc(-c3cccs3)n2)CC1. The molecule has 0 spiro atoms. The zero-order chi connectivity index (χ0) is 14.9. The van der Waals surface area contributed by atoms with Crippen molar-refractivity contribution < 1.29 is 8.42 Å². The first-order valence-electron chi connectivity index (χ1n) is 6.66.